The molecule has 0 aromatic heterocycles. The summed E-state index contributed by atoms with van der Waals surface area (Å²) in [4.78, 5) is 2.68. The van der Waals surface area contributed by atoms with E-state index in [4.69, 9.17) is 0 Å². The highest BCUT2D eigenvalue weighted by atomic mass is 15.2. The molecule has 2 aliphatic rings. The fourth-order valence-corrected chi connectivity index (χ4v) is 3.28. The van der Waals surface area contributed by atoms with E-state index in [1.54, 1.807) is 0 Å². The van der Waals surface area contributed by atoms with Gasteiger partial charge >= 0.3 is 0 Å². The van der Waals surface area contributed by atoms with E-state index in [1.165, 1.54) is 50.0 Å². The Morgan fingerprint density at radius 1 is 1.41 bits per heavy atom. The second kappa shape index (κ2) is 4.79. The normalized spacial score (nSPS) is 29.2. The Hall–Kier alpha value is -0.860. The molecule has 92 valence electrons. The van der Waals surface area contributed by atoms with Crippen LogP contribution >= 0.6 is 0 Å². The van der Waals surface area contributed by atoms with E-state index in [2.05, 4.69) is 41.4 Å². The van der Waals surface area contributed by atoms with Crippen molar-refractivity contribution in [1.82, 2.24) is 10.2 Å². The van der Waals surface area contributed by atoms with Crippen molar-refractivity contribution in [1.29, 1.82) is 0 Å². The third-order valence-electron chi connectivity index (χ3n) is 4.16. The Balaban J connectivity index is 1.62. The largest absolute Gasteiger partial charge is 0.311 e. The lowest BCUT2D eigenvalue weighted by Gasteiger charge is -2.36. The van der Waals surface area contributed by atoms with Crippen molar-refractivity contribution in [2.45, 2.75) is 38.3 Å². The van der Waals surface area contributed by atoms with Gasteiger partial charge in [0.1, 0.15) is 0 Å². The summed E-state index contributed by atoms with van der Waals surface area (Å²) >= 11 is 0. The van der Waals surface area contributed by atoms with E-state index in [1.807, 2.05) is 0 Å². The van der Waals surface area contributed by atoms with E-state index in [-0.39, 0.29) is 0 Å². The molecule has 0 spiro atoms. The fraction of sp³-hybridized carbons (Fsp3) is 0.600. The van der Waals surface area contributed by atoms with Gasteiger partial charge in [-0.3, -0.25) is 4.90 Å². The molecular weight excluding hydrogens is 208 g/mol. The summed E-state index contributed by atoms with van der Waals surface area (Å²) < 4.78 is 0. The second-order valence-corrected chi connectivity index (χ2v) is 5.59. The predicted molar refractivity (Wildman–Crippen MR) is 71.3 cm³/mol. The maximum atomic E-state index is 3.72. The van der Waals surface area contributed by atoms with Gasteiger partial charge in [-0.1, -0.05) is 29.8 Å². The molecule has 2 heteroatoms. The van der Waals surface area contributed by atoms with Crippen LogP contribution in [0.5, 0.6) is 0 Å². The van der Waals surface area contributed by atoms with Gasteiger partial charge < -0.3 is 5.32 Å². The Kier molecular flexibility index (Phi) is 3.17. The number of aryl methyl sites for hydroxylation is 1. The van der Waals surface area contributed by atoms with Crippen LogP contribution in [0.4, 0.5) is 0 Å². The van der Waals surface area contributed by atoms with Crippen LogP contribution in [0.1, 0.15) is 24.0 Å². The first-order chi connectivity index (χ1) is 8.31. The molecule has 0 bridgehead atoms. The lowest BCUT2D eigenvalue weighted by atomic mass is 10.0. The van der Waals surface area contributed by atoms with Gasteiger partial charge in [0.05, 0.1) is 0 Å². The molecule has 0 radical (unpaired) electrons. The fourth-order valence-electron chi connectivity index (χ4n) is 3.28. The molecule has 1 aromatic carbocycles. The molecule has 2 atom stereocenters. The Morgan fingerprint density at radius 3 is 3.24 bits per heavy atom. The summed E-state index contributed by atoms with van der Waals surface area (Å²) in [6, 6.07) is 10.4. The zero-order valence-corrected chi connectivity index (χ0v) is 10.7. The number of nitrogens with zero attached hydrogens (tertiary/aromatic N) is 1. The lowest BCUT2D eigenvalue weighted by Crippen LogP contribution is -2.54. The number of rotatable bonds is 2. The highest BCUT2D eigenvalue weighted by Crippen LogP contribution is 2.21. The zero-order chi connectivity index (χ0) is 11.7. The molecule has 2 fully saturated rings. The molecule has 0 saturated carbocycles. The summed E-state index contributed by atoms with van der Waals surface area (Å²) in [5.41, 5.74) is 2.84. The highest BCUT2D eigenvalue weighted by Gasteiger charge is 2.30. The van der Waals surface area contributed by atoms with E-state index in [0.29, 0.717) is 6.04 Å². The number of nitrogens with one attached hydrogen (secondary N) is 1. The zero-order valence-electron chi connectivity index (χ0n) is 10.7. The first kappa shape index (κ1) is 11.2. The van der Waals surface area contributed by atoms with Gasteiger partial charge in [-0.2, -0.15) is 0 Å². The molecular formula is C15H22N2. The minimum absolute atomic E-state index is 0.645. The van der Waals surface area contributed by atoms with Gasteiger partial charge in [0.2, 0.25) is 0 Å². The topological polar surface area (TPSA) is 15.3 Å². The minimum Gasteiger partial charge on any atom is -0.311 e. The maximum Gasteiger partial charge on any atom is 0.0236 e. The van der Waals surface area contributed by atoms with E-state index < -0.39 is 0 Å². The van der Waals surface area contributed by atoms with Crippen LogP contribution in [0.3, 0.4) is 0 Å². The third kappa shape index (κ3) is 2.53. The van der Waals surface area contributed by atoms with Crippen molar-refractivity contribution in [2.24, 2.45) is 0 Å². The van der Waals surface area contributed by atoms with Crippen LogP contribution in [-0.2, 0) is 6.42 Å². The average molecular weight is 230 g/mol. The molecule has 1 N–H and O–H groups in total. The van der Waals surface area contributed by atoms with Crippen molar-refractivity contribution in [3.63, 3.8) is 0 Å². The molecule has 0 amide bonds. The van der Waals surface area contributed by atoms with E-state index >= 15 is 0 Å². The number of hydrogen-bond acceptors (Lipinski definition) is 2. The summed E-state index contributed by atoms with van der Waals surface area (Å²) in [6.07, 6.45) is 3.96. The summed E-state index contributed by atoms with van der Waals surface area (Å²) in [6.45, 7) is 5.92. The number of piperazine rings is 1. The molecule has 2 saturated heterocycles. The molecule has 2 aliphatic heterocycles. The van der Waals surface area contributed by atoms with Gasteiger partial charge in [0.15, 0.2) is 0 Å². The highest BCUT2D eigenvalue weighted by molar-refractivity contribution is 5.23. The predicted octanol–water partition coefficient (Wildman–Crippen LogP) is 1.97. The third-order valence-corrected chi connectivity index (χ3v) is 4.16. The van der Waals surface area contributed by atoms with E-state index in [9.17, 15) is 0 Å². The lowest BCUT2D eigenvalue weighted by molar-refractivity contribution is 0.172. The van der Waals surface area contributed by atoms with Crippen LogP contribution < -0.4 is 5.32 Å². The first-order valence-electron chi connectivity index (χ1n) is 6.84. The Bertz CT molecular complexity index is 388. The molecule has 17 heavy (non-hydrogen) atoms. The van der Waals surface area contributed by atoms with Gasteiger partial charge in [0, 0.05) is 25.2 Å². The van der Waals surface area contributed by atoms with Crippen molar-refractivity contribution in [2.75, 3.05) is 19.6 Å². The quantitative estimate of drug-likeness (QED) is 0.835. The molecule has 0 unspecified atom stereocenters. The van der Waals surface area contributed by atoms with Gasteiger partial charge in [-0.15, -0.1) is 0 Å². The van der Waals surface area contributed by atoms with Gasteiger partial charge in [-0.05, 0) is 38.3 Å². The van der Waals surface area contributed by atoms with Gasteiger partial charge in [-0.25, -0.2) is 0 Å². The van der Waals surface area contributed by atoms with Crippen LogP contribution in [-0.4, -0.2) is 36.6 Å². The minimum atomic E-state index is 0.645. The monoisotopic (exact) mass is 230 g/mol. The Labute approximate surface area is 104 Å². The van der Waals surface area contributed by atoms with Crippen molar-refractivity contribution < 1.29 is 0 Å². The molecule has 2 heterocycles. The Morgan fingerprint density at radius 2 is 2.35 bits per heavy atom. The van der Waals surface area contributed by atoms with Gasteiger partial charge in [0.25, 0.3) is 0 Å². The standard InChI is InChI=1S/C15H22N2/c1-12-4-2-5-13(8-12)9-14-11-17-7-3-6-15(17)10-16-14/h2,4-5,8,14-16H,3,6-7,9-11H2,1H3/t14-,15-/m0/s1. The number of benzene rings is 1. The molecule has 1 aromatic rings. The molecule has 2 nitrogen and oxygen atoms in total. The van der Waals surface area contributed by atoms with Crippen molar-refractivity contribution in [3.05, 3.63) is 35.4 Å². The second-order valence-electron chi connectivity index (χ2n) is 5.59. The summed E-state index contributed by atoms with van der Waals surface area (Å²) in [5.74, 6) is 0. The summed E-state index contributed by atoms with van der Waals surface area (Å²) in [7, 11) is 0. The van der Waals surface area contributed by atoms with Crippen molar-refractivity contribution >= 4 is 0 Å². The van der Waals surface area contributed by atoms with Crippen LogP contribution in [0.25, 0.3) is 0 Å². The molecule has 3 rings (SSSR count). The smallest absolute Gasteiger partial charge is 0.0236 e. The number of fused-ring (bicyclic) bond motifs is 1. The van der Waals surface area contributed by atoms with E-state index in [0.717, 1.165) is 6.04 Å². The maximum absolute atomic E-state index is 3.72. The van der Waals surface area contributed by atoms with Crippen molar-refractivity contribution in [3.8, 4) is 0 Å². The first-order valence-corrected chi connectivity index (χ1v) is 6.84. The summed E-state index contributed by atoms with van der Waals surface area (Å²) in [5, 5.41) is 3.72. The number of hydrogen-bond donors (Lipinski definition) is 1. The SMILES string of the molecule is Cc1cccc(C[C@H]2CN3CCC[C@H]3CN2)c1. The van der Waals surface area contributed by atoms with Crippen LogP contribution in [0.15, 0.2) is 24.3 Å². The van der Waals surface area contributed by atoms with Crippen LogP contribution in [0, 0.1) is 6.92 Å². The molecule has 0 aliphatic carbocycles. The van der Waals surface area contributed by atoms with Crippen LogP contribution in [0.2, 0.25) is 0 Å². The average Bonchev–Trinajstić information content (AvgIpc) is 2.76.